The molecule has 0 aromatic heterocycles. The molecule has 0 aliphatic heterocycles. The van der Waals surface area contributed by atoms with Gasteiger partial charge in [-0.15, -0.1) is 0 Å². The highest BCUT2D eigenvalue weighted by atomic mass is 19.4. The van der Waals surface area contributed by atoms with Gasteiger partial charge in [0.1, 0.15) is 5.57 Å². The molecule has 0 heterocycles. The van der Waals surface area contributed by atoms with E-state index in [4.69, 9.17) is 0 Å². The van der Waals surface area contributed by atoms with E-state index < -0.39 is 23.5 Å². The van der Waals surface area contributed by atoms with Gasteiger partial charge in [-0.05, 0) is 13.3 Å². The summed E-state index contributed by atoms with van der Waals surface area (Å²) in [5, 5.41) is 0. The number of ketones is 1. The molecule has 0 fully saturated rings. The van der Waals surface area contributed by atoms with Crippen LogP contribution in [-0.2, 0) is 19.4 Å². The number of carbonyl (C=O) groups is 2. The summed E-state index contributed by atoms with van der Waals surface area (Å²) in [6.07, 6.45) is -4.16. The Kier molecular flexibility index (Phi) is 5.73. The van der Waals surface area contributed by atoms with Crippen molar-refractivity contribution in [3.05, 3.63) is 11.6 Å². The van der Waals surface area contributed by atoms with Gasteiger partial charge in [0.2, 0.25) is 0 Å². The van der Waals surface area contributed by atoms with Crippen LogP contribution in [0.5, 0.6) is 0 Å². The fourth-order valence-electron chi connectivity index (χ4n) is 0.783. The van der Waals surface area contributed by atoms with Crippen molar-refractivity contribution in [2.24, 2.45) is 0 Å². The van der Waals surface area contributed by atoms with Crippen LogP contribution in [0.2, 0.25) is 0 Å². The number of allylic oxidation sites excluding steroid dienone is 1. The van der Waals surface area contributed by atoms with Crippen LogP contribution in [0.25, 0.3) is 0 Å². The predicted octanol–water partition coefficient (Wildman–Crippen LogP) is 1.95. The highest BCUT2D eigenvalue weighted by Gasteiger charge is 2.43. The molecule has 0 unspecified atom stereocenters. The number of alkyl halides is 3. The highest BCUT2D eigenvalue weighted by molar-refractivity contribution is 6.19. The first-order valence-electron chi connectivity index (χ1n) is 4.50. The zero-order chi connectivity index (χ0) is 12.8. The average molecular weight is 240 g/mol. The molecular weight excluding hydrogens is 229 g/mol. The molecule has 0 saturated heterocycles. The molecule has 0 aromatic rings. The van der Waals surface area contributed by atoms with Crippen LogP contribution < -0.4 is 0 Å². The first-order valence-corrected chi connectivity index (χ1v) is 4.50. The maximum Gasteiger partial charge on any atom is 0.455 e. The van der Waals surface area contributed by atoms with Gasteiger partial charge in [-0.2, -0.15) is 18.1 Å². The monoisotopic (exact) mass is 240 g/mol. The van der Waals surface area contributed by atoms with E-state index in [1.54, 1.807) is 0 Å². The summed E-state index contributed by atoms with van der Waals surface area (Å²) in [7, 11) is 0. The molecular formula is C9H11F3O4. The summed E-state index contributed by atoms with van der Waals surface area (Å²) < 4.78 is 36.2. The molecule has 0 amide bonds. The van der Waals surface area contributed by atoms with Gasteiger partial charge in [0.05, 0.1) is 6.61 Å². The predicted molar refractivity (Wildman–Crippen MR) is 47.2 cm³/mol. The lowest BCUT2D eigenvalue weighted by Crippen LogP contribution is -2.29. The fourth-order valence-corrected chi connectivity index (χ4v) is 0.783. The molecule has 0 bridgehead atoms. The summed E-state index contributed by atoms with van der Waals surface area (Å²) >= 11 is 0. The molecule has 0 aromatic carbocycles. The minimum atomic E-state index is -5.10. The van der Waals surface area contributed by atoms with E-state index in [1.165, 1.54) is 13.8 Å². The summed E-state index contributed by atoms with van der Waals surface area (Å²) in [6, 6.07) is 0. The van der Waals surface area contributed by atoms with Crippen molar-refractivity contribution in [1.82, 2.24) is 0 Å². The molecule has 7 heteroatoms. The third-order valence-electron chi connectivity index (χ3n) is 1.38. The van der Waals surface area contributed by atoms with E-state index in [9.17, 15) is 22.8 Å². The summed E-state index contributed by atoms with van der Waals surface area (Å²) in [5.41, 5.74) is -1.07. The van der Waals surface area contributed by atoms with Crippen LogP contribution in [0, 0.1) is 0 Å². The van der Waals surface area contributed by atoms with Gasteiger partial charge < -0.3 is 0 Å². The quantitative estimate of drug-likeness (QED) is 0.242. The average Bonchev–Trinajstić information content (AvgIpc) is 2.20. The van der Waals surface area contributed by atoms with Gasteiger partial charge in [0.25, 0.3) is 5.78 Å². The Balaban J connectivity index is 4.83. The van der Waals surface area contributed by atoms with Gasteiger partial charge in [0, 0.05) is 0 Å². The summed E-state index contributed by atoms with van der Waals surface area (Å²) in [4.78, 5) is 30.0. The molecule has 0 spiro atoms. The van der Waals surface area contributed by atoms with Crippen molar-refractivity contribution < 1.29 is 32.5 Å². The highest BCUT2D eigenvalue weighted by Crippen LogP contribution is 2.21. The van der Waals surface area contributed by atoms with Gasteiger partial charge in [-0.1, -0.05) is 13.0 Å². The first-order chi connectivity index (χ1) is 7.34. The molecule has 0 aliphatic rings. The smallest absolute Gasteiger partial charge is 0.293 e. The Morgan fingerprint density at radius 2 is 1.81 bits per heavy atom. The minimum Gasteiger partial charge on any atom is -0.293 e. The number of Topliss-reactive ketones (excluding diaryl/α,β-unsaturated/α-hetero) is 1. The van der Waals surface area contributed by atoms with Crippen molar-refractivity contribution >= 4 is 11.8 Å². The number of carbonyl (C=O) groups excluding carboxylic acids is 2. The maximum atomic E-state index is 12.1. The number of hydrogen-bond acceptors (Lipinski definition) is 4. The first kappa shape index (κ1) is 14.6. The Labute approximate surface area is 89.9 Å². The van der Waals surface area contributed by atoms with E-state index >= 15 is 0 Å². The number of halogens is 3. The topological polar surface area (TPSA) is 52.6 Å². The molecule has 92 valence electrons. The van der Waals surface area contributed by atoms with E-state index in [2.05, 4.69) is 9.78 Å². The summed E-state index contributed by atoms with van der Waals surface area (Å²) in [6.45, 7) is 2.94. The molecule has 0 N–H and O–H groups in total. The molecule has 0 rings (SSSR count). The van der Waals surface area contributed by atoms with Gasteiger partial charge >= 0.3 is 12.1 Å². The van der Waals surface area contributed by atoms with Crippen LogP contribution in [0.1, 0.15) is 20.3 Å². The van der Waals surface area contributed by atoms with Gasteiger partial charge in [-0.25, -0.2) is 4.79 Å². The van der Waals surface area contributed by atoms with Crippen LogP contribution in [-0.4, -0.2) is 24.5 Å². The third-order valence-corrected chi connectivity index (χ3v) is 1.38. The summed E-state index contributed by atoms with van der Waals surface area (Å²) in [5.74, 6) is -3.68. The lowest BCUT2D eigenvalue weighted by Gasteiger charge is -2.07. The molecule has 0 aliphatic carbocycles. The van der Waals surface area contributed by atoms with E-state index in [0.29, 0.717) is 0 Å². The van der Waals surface area contributed by atoms with Crippen LogP contribution >= 0.6 is 0 Å². The van der Waals surface area contributed by atoms with Crippen molar-refractivity contribution in [2.75, 3.05) is 6.61 Å². The second-order valence-corrected chi connectivity index (χ2v) is 2.63. The molecule has 16 heavy (non-hydrogen) atoms. The normalized spacial score (nSPS) is 12.4. The Bertz CT molecular complexity index is 294. The van der Waals surface area contributed by atoms with E-state index in [0.717, 1.165) is 6.08 Å². The second kappa shape index (κ2) is 6.26. The molecule has 0 radical (unpaired) electrons. The maximum absolute atomic E-state index is 12.1. The fraction of sp³-hybridized carbons (Fsp3) is 0.556. The standard InChI is InChI=1S/C9H11F3O4/c1-3-5-6(7(13)9(10,11)12)8(14)16-15-4-2/h5H,3-4H2,1-2H3. The minimum absolute atomic E-state index is 0.0225. The lowest BCUT2D eigenvalue weighted by molar-refractivity contribution is -0.265. The molecule has 4 nitrogen and oxygen atoms in total. The Morgan fingerprint density at radius 1 is 1.25 bits per heavy atom. The molecule has 0 atom stereocenters. The lowest BCUT2D eigenvalue weighted by atomic mass is 10.1. The van der Waals surface area contributed by atoms with Gasteiger partial charge in [0.15, 0.2) is 0 Å². The zero-order valence-corrected chi connectivity index (χ0v) is 8.76. The van der Waals surface area contributed by atoms with Crippen molar-refractivity contribution in [3.8, 4) is 0 Å². The Hall–Kier alpha value is -1.37. The zero-order valence-electron chi connectivity index (χ0n) is 8.76. The van der Waals surface area contributed by atoms with Gasteiger partial charge in [-0.3, -0.25) is 9.68 Å². The van der Waals surface area contributed by atoms with E-state index in [-0.39, 0.29) is 13.0 Å². The largest absolute Gasteiger partial charge is 0.455 e. The van der Waals surface area contributed by atoms with E-state index in [1.807, 2.05) is 0 Å². The number of rotatable bonds is 5. The van der Waals surface area contributed by atoms with Crippen molar-refractivity contribution in [3.63, 3.8) is 0 Å². The number of hydrogen-bond donors (Lipinski definition) is 0. The van der Waals surface area contributed by atoms with Crippen LogP contribution in [0.4, 0.5) is 13.2 Å². The van der Waals surface area contributed by atoms with Crippen LogP contribution in [0.3, 0.4) is 0 Å². The van der Waals surface area contributed by atoms with Crippen LogP contribution in [0.15, 0.2) is 11.6 Å². The third kappa shape index (κ3) is 4.43. The Morgan fingerprint density at radius 3 is 2.19 bits per heavy atom. The van der Waals surface area contributed by atoms with Crippen molar-refractivity contribution in [1.29, 1.82) is 0 Å². The van der Waals surface area contributed by atoms with Crippen molar-refractivity contribution in [2.45, 2.75) is 26.4 Å². The molecule has 0 saturated carbocycles. The second-order valence-electron chi connectivity index (χ2n) is 2.63. The SMILES string of the molecule is CCC=C(C(=O)OOCC)C(=O)C(F)(F)F.